The molecule has 0 aromatic heterocycles. The van der Waals surface area contributed by atoms with Crippen molar-refractivity contribution in [3.63, 3.8) is 0 Å². The third-order valence-electron chi connectivity index (χ3n) is 4.71. The maximum atomic E-state index is 9.54. The summed E-state index contributed by atoms with van der Waals surface area (Å²) < 4.78 is 5.00. The second kappa shape index (κ2) is 15.1. The molecule has 4 nitrogen and oxygen atoms in total. The highest BCUT2D eigenvalue weighted by Crippen LogP contribution is 2.24. The summed E-state index contributed by atoms with van der Waals surface area (Å²) >= 11 is 7.73. The van der Waals surface area contributed by atoms with Gasteiger partial charge in [-0.3, -0.25) is 0 Å². The Morgan fingerprint density at radius 1 is 1.17 bits per heavy atom. The van der Waals surface area contributed by atoms with Crippen LogP contribution in [0.1, 0.15) is 43.7 Å². The van der Waals surface area contributed by atoms with Crippen LogP contribution >= 0.6 is 23.4 Å². The molecule has 1 unspecified atom stereocenters. The normalized spacial score (nSPS) is 13.9. The first-order valence-electron chi connectivity index (χ1n) is 10.3. The fourth-order valence-electron chi connectivity index (χ4n) is 3.17. The summed E-state index contributed by atoms with van der Waals surface area (Å²) in [5.74, 6) is 0.951. The van der Waals surface area contributed by atoms with E-state index < -0.39 is 0 Å². The molecule has 30 heavy (non-hydrogen) atoms. The highest BCUT2D eigenvalue weighted by Gasteiger charge is 2.19. The topological polar surface area (TPSA) is 56.5 Å². The second-order valence-corrected chi connectivity index (χ2v) is 7.97. The first-order chi connectivity index (χ1) is 14.6. The molecule has 1 aliphatic rings. The van der Waals surface area contributed by atoms with Crippen molar-refractivity contribution >= 4 is 23.4 Å². The SMILES string of the molecule is CC.COc1ccc(SC)cc1.N#Cc1cc(Cl)cc(C(CO)CN2CCCC2)c1. The molecule has 0 amide bonds. The van der Waals surface area contributed by atoms with Crippen LogP contribution in [0.4, 0.5) is 0 Å². The zero-order valence-corrected chi connectivity index (χ0v) is 20.0. The van der Waals surface area contributed by atoms with Gasteiger partial charge in [-0.15, -0.1) is 11.8 Å². The number of rotatable bonds is 6. The molecule has 1 N–H and O–H groups in total. The van der Waals surface area contributed by atoms with Gasteiger partial charge in [0.1, 0.15) is 5.75 Å². The lowest BCUT2D eigenvalue weighted by Gasteiger charge is -2.22. The van der Waals surface area contributed by atoms with E-state index in [1.807, 2.05) is 50.2 Å². The molecule has 164 valence electrons. The largest absolute Gasteiger partial charge is 0.497 e. The highest BCUT2D eigenvalue weighted by molar-refractivity contribution is 7.98. The van der Waals surface area contributed by atoms with Gasteiger partial charge in [-0.2, -0.15) is 5.26 Å². The fourth-order valence-corrected chi connectivity index (χ4v) is 3.82. The number of hydrogen-bond acceptors (Lipinski definition) is 5. The van der Waals surface area contributed by atoms with Crippen LogP contribution in [-0.2, 0) is 0 Å². The van der Waals surface area contributed by atoms with E-state index in [2.05, 4.69) is 17.2 Å². The molecule has 1 heterocycles. The van der Waals surface area contributed by atoms with Gasteiger partial charge >= 0.3 is 0 Å². The fraction of sp³-hybridized carbons (Fsp3) is 0.458. The van der Waals surface area contributed by atoms with Crippen molar-refractivity contribution in [1.82, 2.24) is 4.90 Å². The van der Waals surface area contributed by atoms with Crippen molar-refractivity contribution in [2.75, 3.05) is 39.6 Å². The number of nitriles is 1. The van der Waals surface area contributed by atoms with Crippen molar-refractivity contribution in [1.29, 1.82) is 5.26 Å². The van der Waals surface area contributed by atoms with Gasteiger partial charge in [-0.1, -0.05) is 25.4 Å². The number of benzene rings is 2. The third-order valence-corrected chi connectivity index (χ3v) is 5.68. The van der Waals surface area contributed by atoms with Crippen LogP contribution in [0.15, 0.2) is 47.4 Å². The molecule has 2 aromatic rings. The molecule has 0 radical (unpaired) electrons. The zero-order chi connectivity index (χ0) is 22.4. The molecule has 1 fully saturated rings. The summed E-state index contributed by atoms with van der Waals surface area (Å²) in [5, 5.41) is 19.0. The van der Waals surface area contributed by atoms with E-state index in [4.69, 9.17) is 21.6 Å². The lowest BCUT2D eigenvalue weighted by Crippen LogP contribution is -2.27. The Morgan fingerprint density at radius 2 is 1.80 bits per heavy atom. The quantitative estimate of drug-likeness (QED) is 0.563. The van der Waals surface area contributed by atoms with Crippen molar-refractivity contribution < 1.29 is 9.84 Å². The van der Waals surface area contributed by atoms with Crippen LogP contribution in [0.5, 0.6) is 5.75 Å². The number of nitrogens with zero attached hydrogens (tertiary/aromatic N) is 2. The lowest BCUT2D eigenvalue weighted by molar-refractivity contribution is 0.220. The number of aliphatic hydroxyl groups excluding tert-OH is 1. The summed E-state index contributed by atoms with van der Waals surface area (Å²) in [6.45, 7) is 7.12. The standard InChI is InChI=1S/C14H17ClN2O.C8H10OS.C2H6/c15-14-6-11(8-16)5-12(7-14)13(10-18)9-17-3-1-2-4-17;1-9-7-3-5-8(10-2)6-4-7;1-2/h5-7,13,18H,1-4,9-10H2;3-6H,1-2H3;1-2H3. The number of likely N-dealkylation sites (tertiary alicyclic amines) is 1. The second-order valence-electron chi connectivity index (χ2n) is 6.65. The molecule has 0 spiro atoms. The van der Waals surface area contributed by atoms with Crippen molar-refractivity contribution in [2.24, 2.45) is 0 Å². The van der Waals surface area contributed by atoms with Crippen molar-refractivity contribution in [2.45, 2.75) is 37.5 Å². The summed E-state index contributed by atoms with van der Waals surface area (Å²) in [5.41, 5.74) is 1.51. The number of hydrogen-bond donors (Lipinski definition) is 1. The Labute approximate surface area is 190 Å². The summed E-state index contributed by atoms with van der Waals surface area (Å²) in [6.07, 6.45) is 4.52. The monoisotopic (exact) mass is 448 g/mol. The van der Waals surface area contributed by atoms with Gasteiger partial charge in [0, 0.05) is 22.4 Å². The van der Waals surface area contributed by atoms with E-state index in [-0.39, 0.29) is 12.5 Å². The first kappa shape index (κ1) is 26.3. The van der Waals surface area contributed by atoms with E-state index in [0.717, 1.165) is 30.9 Å². The number of aliphatic hydroxyl groups is 1. The molecule has 0 aliphatic carbocycles. The Hall–Kier alpha value is -1.71. The van der Waals surface area contributed by atoms with Crippen molar-refractivity contribution in [3.05, 3.63) is 58.6 Å². The van der Waals surface area contributed by atoms with Gasteiger partial charge in [0.2, 0.25) is 0 Å². The summed E-state index contributed by atoms with van der Waals surface area (Å²) in [7, 11) is 1.67. The van der Waals surface area contributed by atoms with Gasteiger partial charge in [-0.25, -0.2) is 0 Å². The van der Waals surface area contributed by atoms with E-state index in [1.54, 1.807) is 24.9 Å². The Kier molecular flexibility index (Phi) is 13.3. The van der Waals surface area contributed by atoms with Gasteiger partial charge in [0.25, 0.3) is 0 Å². The van der Waals surface area contributed by atoms with Gasteiger partial charge in [-0.05, 0) is 80.2 Å². The van der Waals surface area contributed by atoms with Gasteiger partial charge in [0.05, 0.1) is 25.3 Å². The lowest BCUT2D eigenvalue weighted by atomic mass is 9.97. The summed E-state index contributed by atoms with van der Waals surface area (Å²) in [4.78, 5) is 3.62. The molecule has 3 rings (SSSR count). The number of thioether (sulfide) groups is 1. The van der Waals surface area contributed by atoms with Crippen LogP contribution in [0, 0.1) is 11.3 Å². The molecule has 1 saturated heterocycles. The minimum Gasteiger partial charge on any atom is -0.497 e. The van der Waals surface area contributed by atoms with Crippen LogP contribution in [0.2, 0.25) is 5.02 Å². The maximum Gasteiger partial charge on any atom is 0.118 e. The Balaban J connectivity index is 0.000000318. The van der Waals surface area contributed by atoms with Crippen LogP contribution in [-0.4, -0.2) is 49.6 Å². The third kappa shape index (κ3) is 8.97. The van der Waals surface area contributed by atoms with Crippen LogP contribution < -0.4 is 4.74 Å². The average Bonchev–Trinajstić information content (AvgIpc) is 3.32. The Morgan fingerprint density at radius 3 is 2.30 bits per heavy atom. The summed E-state index contributed by atoms with van der Waals surface area (Å²) in [6, 6.07) is 15.4. The molecule has 2 aromatic carbocycles. The van der Waals surface area contributed by atoms with E-state index in [1.165, 1.54) is 17.7 Å². The molecule has 6 heteroatoms. The van der Waals surface area contributed by atoms with E-state index in [0.29, 0.717) is 10.6 Å². The minimum atomic E-state index is 0.0360. The van der Waals surface area contributed by atoms with Crippen LogP contribution in [0.25, 0.3) is 0 Å². The highest BCUT2D eigenvalue weighted by atomic mass is 35.5. The average molecular weight is 449 g/mol. The molecule has 0 saturated carbocycles. The van der Waals surface area contributed by atoms with E-state index >= 15 is 0 Å². The zero-order valence-electron chi connectivity index (χ0n) is 18.4. The van der Waals surface area contributed by atoms with Gasteiger partial charge in [0.15, 0.2) is 0 Å². The molecular weight excluding hydrogens is 416 g/mol. The maximum absolute atomic E-state index is 9.54. The number of ether oxygens (including phenoxy) is 1. The predicted octanol–water partition coefficient (Wildman–Crippen LogP) is 5.83. The Bertz CT molecular complexity index is 749. The van der Waals surface area contributed by atoms with E-state index in [9.17, 15) is 5.11 Å². The first-order valence-corrected chi connectivity index (χ1v) is 11.9. The van der Waals surface area contributed by atoms with Crippen LogP contribution in [0.3, 0.4) is 0 Å². The molecule has 0 bridgehead atoms. The van der Waals surface area contributed by atoms with Crippen molar-refractivity contribution in [3.8, 4) is 11.8 Å². The minimum absolute atomic E-state index is 0.0360. The number of methoxy groups -OCH3 is 1. The molecule has 1 aliphatic heterocycles. The number of halogens is 1. The van der Waals surface area contributed by atoms with Gasteiger partial charge < -0.3 is 14.7 Å². The predicted molar refractivity (Wildman–Crippen MR) is 128 cm³/mol. The molecule has 1 atom stereocenters. The molecular formula is C24H33ClN2O2S. The smallest absolute Gasteiger partial charge is 0.118 e.